The summed E-state index contributed by atoms with van der Waals surface area (Å²) in [4.78, 5) is 10.8. The Kier molecular flexibility index (Phi) is 3.65. The van der Waals surface area contributed by atoms with Crippen molar-refractivity contribution in [1.29, 1.82) is 0 Å². The molecule has 0 bridgehead atoms. The maximum absolute atomic E-state index is 5.29. The number of aromatic nitrogens is 3. The predicted octanol–water partition coefficient (Wildman–Crippen LogP) is 0.967. The van der Waals surface area contributed by atoms with Crippen molar-refractivity contribution >= 4 is 11.3 Å². The second-order valence-corrected chi connectivity index (χ2v) is 4.88. The van der Waals surface area contributed by atoms with Gasteiger partial charge < -0.3 is 4.42 Å². The van der Waals surface area contributed by atoms with E-state index in [9.17, 15) is 0 Å². The number of hydrogen-bond acceptors (Lipinski definition) is 8. The van der Waals surface area contributed by atoms with Crippen LogP contribution in [0.4, 0.5) is 0 Å². The van der Waals surface area contributed by atoms with E-state index < -0.39 is 0 Å². The van der Waals surface area contributed by atoms with Crippen molar-refractivity contribution in [3.63, 3.8) is 0 Å². The van der Waals surface area contributed by atoms with Crippen molar-refractivity contribution in [3.8, 4) is 0 Å². The summed E-state index contributed by atoms with van der Waals surface area (Å²) in [6, 6.07) is -0.0946. The summed E-state index contributed by atoms with van der Waals surface area (Å²) in [7, 11) is 0. The van der Waals surface area contributed by atoms with Crippen LogP contribution in [0.3, 0.4) is 0 Å². The number of hydrogen-bond donors (Lipinski definition) is 2. The fraction of sp³-hybridized carbons (Fsp3) is 0.364. The highest BCUT2D eigenvalue weighted by Crippen LogP contribution is 2.33. The molecule has 1 aliphatic rings. The molecule has 19 heavy (non-hydrogen) atoms. The number of hydroxylamine groups is 1. The summed E-state index contributed by atoms with van der Waals surface area (Å²) in [6.07, 6.45) is 3.01. The lowest BCUT2D eigenvalue weighted by Gasteiger charge is -2.27. The van der Waals surface area contributed by atoms with Crippen molar-refractivity contribution in [2.24, 2.45) is 0 Å². The standard InChI is InChI=1S/C11H13N5O2S/c1-2-3-18-16-7-4-12-9(11-15-14-5-17-11)8-10(7)19-6-13-8/h2,5-7,9,12,16H,1,3-4H2. The molecule has 0 spiro atoms. The van der Waals surface area contributed by atoms with Crippen LogP contribution in [0.15, 0.2) is 29.0 Å². The van der Waals surface area contributed by atoms with Crippen LogP contribution in [-0.4, -0.2) is 28.3 Å². The molecular weight excluding hydrogens is 266 g/mol. The minimum absolute atomic E-state index is 0.0571. The van der Waals surface area contributed by atoms with Gasteiger partial charge in [-0.2, -0.15) is 5.48 Å². The van der Waals surface area contributed by atoms with E-state index in [1.54, 1.807) is 17.4 Å². The fourth-order valence-electron chi connectivity index (χ4n) is 1.98. The Morgan fingerprint density at radius 3 is 3.42 bits per heavy atom. The lowest BCUT2D eigenvalue weighted by Crippen LogP contribution is -2.39. The molecule has 8 heteroatoms. The van der Waals surface area contributed by atoms with Crippen LogP contribution < -0.4 is 10.8 Å². The molecule has 0 amide bonds. The molecule has 0 aliphatic carbocycles. The van der Waals surface area contributed by atoms with Crippen LogP contribution in [0.2, 0.25) is 0 Å². The van der Waals surface area contributed by atoms with Gasteiger partial charge in [-0.15, -0.1) is 28.1 Å². The van der Waals surface area contributed by atoms with Gasteiger partial charge in [0.05, 0.1) is 28.7 Å². The Bertz CT molecular complexity index is 541. The first kappa shape index (κ1) is 12.4. The molecule has 0 fully saturated rings. The summed E-state index contributed by atoms with van der Waals surface area (Å²) >= 11 is 1.58. The zero-order chi connectivity index (χ0) is 13.1. The smallest absolute Gasteiger partial charge is 0.239 e. The minimum Gasteiger partial charge on any atom is -0.426 e. The first-order valence-electron chi connectivity index (χ1n) is 5.81. The molecule has 2 unspecified atom stereocenters. The summed E-state index contributed by atoms with van der Waals surface area (Å²) in [5.74, 6) is 0.526. The zero-order valence-electron chi connectivity index (χ0n) is 10.1. The SMILES string of the molecule is C=CCONC1CNC(c2nnco2)c2ncsc21. The summed E-state index contributed by atoms with van der Waals surface area (Å²) in [5.41, 5.74) is 5.71. The highest BCUT2D eigenvalue weighted by atomic mass is 32.1. The van der Waals surface area contributed by atoms with E-state index in [-0.39, 0.29) is 12.1 Å². The molecule has 3 rings (SSSR count). The van der Waals surface area contributed by atoms with Gasteiger partial charge in [-0.3, -0.25) is 10.2 Å². The lowest BCUT2D eigenvalue weighted by atomic mass is 10.0. The van der Waals surface area contributed by atoms with E-state index in [1.165, 1.54) is 6.39 Å². The number of fused-ring (bicyclic) bond motifs is 1. The maximum Gasteiger partial charge on any atom is 0.239 e. The average Bonchev–Trinajstić information content (AvgIpc) is 3.10. The van der Waals surface area contributed by atoms with Gasteiger partial charge in [-0.05, 0) is 0 Å². The molecule has 0 saturated heterocycles. The van der Waals surface area contributed by atoms with Crippen LogP contribution in [-0.2, 0) is 4.84 Å². The van der Waals surface area contributed by atoms with Gasteiger partial charge in [-0.1, -0.05) is 6.08 Å². The molecule has 0 saturated carbocycles. The third-order valence-electron chi connectivity index (χ3n) is 2.79. The minimum atomic E-state index is -0.152. The Morgan fingerprint density at radius 2 is 2.63 bits per heavy atom. The molecule has 0 aromatic carbocycles. The van der Waals surface area contributed by atoms with Crippen LogP contribution in [0, 0.1) is 0 Å². The largest absolute Gasteiger partial charge is 0.426 e. The van der Waals surface area contributed by atoms with E-state index in [1.807, 2.05) is 5.51 Å². The van der Waals surface area contributed by atoms with Gasteiger partial charge >= 0.3 is 0 Å². The number of nitrogens with zero attached hydrogens (tertiary/aromatic N) is 3. The maximum atomic E-state index is 5.29. The monoisotopic (exact) mass is 279 g/mol. The topological polar surface area (TPSA) is 85.1 Å². The Labute approximate surface area is 113 Å². The first-order chi connectivity index (χ1) is 9.40. The van der Waals surface area contributed by atoms with Crippen molar-refractivity contribution in [3.05, 3.63) is 41.0 Å². The summed E-state index contributed by atoms with van der Waals surface area (Å²) in [5, 5.41) is 11.0. The molecule has 7 nitrogen and oxygen atoms in total. The molecule has 1 aliphatic heterocycles. The van der Waals surface area contributed by atoms with Crippen molar-refractivity contribution < 1.29 is 9.25 Å². The van der Waals surface area contributed by atoms with Crippen molar-refractivity contribution in [1.82, 2.24) is 26.0 Å². The van der Waals surface area contributed by atoms with Gasteiger partial charge in [0.2, 0.25) is 12.3 Å². The third kappa shape index (κ3) is 2.43. The van der Waals surface area contributed by atoms with E-state index in [0.29, 0.717) is 19.0 Å². The molecule has 3 heterocycles. The van der Waals surface area contributed by atoms with Crippen LogP contribution >= 0.6 is 11.3 Å². The Morgan fingerprint density at radius 1 is 1.68 bits per heavy atom. The predicted molar refractivity (Wildman–Crippen MR) is 68.3 cm³/mol. The summed E-state index contributed by atoms with van der Waals surface area (Å²) < 4.78 is 5.25. The van der Waals surface area contributed by atoms with Crippen LogP contribution in [0.25, 0.3) is 0 Å². The van der Waals surface area contributed by atoms with Crippen molar-refractivity contribution in [2.75, 3.05) is 13.2 Å². The van der Waals surface area contributed by atoms with Gasteiger partial charge in [0, 0.05) is 6.54 Å². The zero-order valence-corrected chi connectivity index (χ0v) is 10.9. The van der Waals surface area contributed by atoms with E-state index in [0.717, 1.165) is 10.6 Å². The normalized spacial score (nSPS) is 22.1. The van der Waals surface area contributed by atoms with Crippen molar-refractivity contribution in [2.45, 2.75) is 12.1 Å². The highest BCUT2D eigenvalue weighted by Gasteiger charge is 2.33. The van der Waals surface area contributed by atoms with Crippen LogP contribution in [0.5, 0.6) is 0 Å². The molecule has 2 N–H and O–H groups in total. The molecule has 2 atom stereocenters. The molecule has 0 radical (unpaired) electrons. The van der Waals surface area contributed by atoms with E-state index >= 15 is 0 Å². The lowest BCUT2D eigenvalue weighted by molar-refractivity contribution is 0.0322. The van der Waals surface area contributed by atoms with Gasteiger partial charge in [0.15, 0.2) is 0 Å². The molecule has 2 aromatic heterocycles. The quantitative estimate of drug-likeness (QED) is 0.479. The number of nitrogens with one attached hydrogen (secondary N) is 2. The fourth-order valence-corrected chi connectivity index (χ4v) is 2.85. The van der Waals surface area contributed by atoms with Gasteiger partial charge in [0.1, 0.15) is 6.04 Å². The van der Waals surface area contributed by atoms with E-state index in [2.05, 4.69) is 32.6 Å². The second-order valence-electron chi connectivity index (χ2n) is 3.99. The molecule has 2 aromatic rings. The molecule has 100 valence electrons. The third-order valence-corrected chi connectivity index (χ3v) is 3.75. The van der Waals surface area contributed by atoms with Gasteiger partial charge in [0.25, 0.3) is 0 Å². The number of rotatable bonds is 5. The highest BCUT2D eigenvalue weighted by molar-refractivity contribution is 7.09. The average molecular weight is 279 g/mol. The number of thiazole rings is 1. The Hall–Kier alpha value is -1.61. The second kappa shape index (κ2) is 5.57. The molecular formula is C11H13N5O2S. The van der Waals surface area contributed by atoms with E-state index in [4.69, 9.17) is 9.25 Å². The van der Waals surface area contributed by atoms with Gasteiger partial charge in [-0.25, -0.2) is 4.98 Å². The van der Waals surface area contributed by atoms with Crippen LogP contribution in [0.1, 0.15) is 28.5 Å². The first-order valence-corrected chi connectivity index (χ1v) is 6.69. The summed E-state index contributed by atoms with van der Waals surface area (Å²) in [6.45, 7) is 4.76. The Balaban J connectivity index is 1.79.